The van der Waals surface area contributed by atoms with Crippen molar-refractivity contribution in [2.75, 3.05) is 39.6 Å². The van der Waals surface area contributed by atoms with E-state index in [-0.39, 0.29) is 0 Å². The fourth-order valence-electron chi connectivity index (χ4n) is 2.65. The third kappa shape index (κ3) is 4.92. The van der Waals surface area contributed by atoms with Gasteiger partial charge in [0.25, 0.3) is 0 Å². The maximum atomic E-state index is 12.2. The summed E-state index contributed by atoms with van der Waals surface area (Å²) < 4.78 is 29.0. The van der Waals surface area contributed by atoms with Gasteiger partial charge in [-0.25, -0.2) is 8.42 Å². The Labute approximate surface area is 142 Å². The number of hydrogen-bond donors (Lipinski definition) is 2. The zero-order chi connectivity index (χ0) is 16.8. The lowest BCUT2D eigenvalue weighted by Crippen LogP contribution is -2.53. The molecule has 1 aromatic heterocycles. The molecule has 23 heavy (non-hydrogen) atoms. The Balaban J connectivity index is 1.88. The molecule has 1 saturated heterocycles. The van der Waals surface area contributed by atoms with Crippen molar-refractivity contribution in [2.45, 2.75) is 24.0 Å². The molecule has 0 atom stereocenters. The molecule has 0 aliphatic carbocycles. The predicted octanol–water partition coefficient (Wildman–Crippen LogP) is 1.05. The number of hydrogen-bond acceptors (Lipinski definition) is 5. The van der Waals surface area contributed by atoms with E-state index in [1.54, 1.807) is 18.4 Å². The van der Waals surface area contributed by atoms with E-state index in [0.29, 0.717) is 38.6 Å². The third-order valence-electron chi connectivity index (χ3n) is 4.24. The van der Waals surface area contributed by atoms with Crippen LogP contribution in [0.3, 0.4) is 0 Å². The molecule has 0 saturated carbocycles. The Hall–Kier alpha value is -1.12. The van der Waals surface area contributed by atoms with Crippen molar-refractivity contribution in [2.24, 2.45) is 4.99 Å². The van der Waals surface area contributed by atoms with Crippen LogP contribution in [0.15, 0.2) is 22.5 Å². The Bertz CT molecular complexity index is 606. The van der Waals surface area contributed by atoms with Gasteiger partial charge in [-0.05, 0) is 30.7 Å². The Kier molecular flexibility index (Phi) is 6.43. The maximum Gasteiger partial charge on any atom is 0.191 e. The molecule has 1 fully saturated rings. The van der Waals surface area contributed by atoms with E-state index < -0.39 is 14.6 Å². The molecule has 6 nitrogen and oxygen atoms in total. The van der Waals surface area contributed by atoms with Gasteiger partial charge in [0.2, 0.25) is 0 Å². The summed E-state index contributed by atoms with van der Waals surface area (Å²) in [5.74, 6) is 0.635. The molecule has 0 aromatic carbocycles. The molecule has 0 spiro atoms. The molecular formula is C15H25N3O3S2. The number of aliphatic imine (C=N–C) groups is 1. The lowest BCUT2D eigenvalue weighted by atomic mass is 9.99. The average molecular weight is 360 g/mol. The van der Waals surface area contributed by atoms with Crippen LogP contribution >= 0.6 is 11.3 Å². The van der Waals surface area contributed by atoms with Crippen LogP contribution in [-0.4, -0.2) is 58.7 Å². The smallest absolute Gasteiger partial charge is 0.191 e. The molecule has 8 heteroatoms. The number of ether oxygens (including phenoxy) is 1. The van der Waals surface area contributed by atoms with Gasteiger partial charge < -0.3 is 15.4 Å². The van der Waals surface area contributed by atoms with Crippen molar-refractivity contribution in [3.05, 3.63) is 22.4 Å². The highest BCUT2D eigenvalue weighted by Gasteiger charge is 2.42. The highest BCUT2D eigenvalue weighted by molar-refractivity contribution is 7.92. The van der Waals surface area contributed by atoms with Gasteiger partial charge in [-0.2, -0.15) is 0 Å². The highest BCUT2D eigenvalue weighted by Crippen LogP contribution is 2.28. The first-order chi connectivity index (χ1) is 11.0. The van der Waals surface area contributed by atoms with Crippen LogP contribution in [-0.2, 0) is 21.0 Å². The van der Waals surface area contributed by atoms with Gasteiger partial charge in [-0.1, -0.05) is 6.07 Å². The van der Waals surface area contributed by atoms with Gasteiger partial charge >= 0.3 is 0 Å². The van der Waals surface area contributed by atoms with Crippen LogP contribution in [0, 0.1) is 0 Å². The largest absolute Gasteiger partial charge is 0.381 e. The average Bonchev–Trinajstić information content (AvgIpc) is 3.04. The van der Waals surface area contributed by atoms with Crippen molar-refractivity contribution >= 4 is 27.1 Å². The second-order valence-corrected chi connectivity index (χ2v) is 9.19. The van der Waals surface area contributed by atoms with Crippen LogP contribution in [0.5, 0.6) is 0 Å². The van der Waals surface area contributed by atoms with Crippen LogP contribution in [0.25, 0.3) is 0 Å². The van der Waals surface area contributed by atoms with Crippen molar-refractivity contribution < 1.29 is 13.2 Å². The lowest BCUT2D eigenvalue weighted by Gasteiger charge is -2.35. The van der Waals surface area contributed by atoms with Gasteiger partial charge in [0.15, 0.2) is 15.8 Å². The first-order valence-electron chi connectivity index (χ1n) is 7.71. The molecule has 0 amide bonds. The summed E-state index contributed by atoms with van der Waals surface area (Å²) >= 11 is 1.73. The minimum absolute atomic E-state index is 0.355. The van der Waals surface area contributed by atoms with Crippen molar-refractivity contribution in [3.8, 4) is 0 Å². The standard InChI is InChI=1S/C15H25N3O3S2/c1-16-14(17-8-5-13-4-3-11-22-13)18-12-15(23(2,19)20)6-9-21-10-7-15/h3-4,11H,5-10,12H2,1-2H3,(H2,16,17,18). The van der Waals surface area contributed by atoms with Crippen molar-refractivity contribution in [1.29, 1.82) is 0 Å². The zero-order valence-electron chi connectivity index (χ0n) is 13.7. The first-order valence-corrected chi connectivity index (χ1v) is 10.5. The van der Waals surface area contributed by atoms with E-state index in [2.05, 4.69) is 27.1 Å². The molecule has 1 aliphatic heterocycles. The topological polar surface area (TPSA) is 79.8 Å². The van der Waals surface area contributed by atoms with Crippen molar-refractivity contribution in [3.63, 3.8) is 0 Å². The lowest BCUT2D eigenvalue weighted by molar-refractivity contribution is 0.0756. The second kappa shape index (κ2) is 8.12. The minimum Gasteiger partial charge on any atom is -0.381 e. The second-order valence-electron chi connectivity index (χ2n) is 5.75. The van der Waals surface area contributed by atoms with E-state index in [9.17, 15) is 8.42 Å². The SMILES string of the molecule is CN=C(NCCc1cccs1)NCC1(S(C)(=O)=O)CCOCC1. The number of guanidine groups is 1. The summed E-state index contributed by atoms with van der Waals surface area (Å²) in [6.07, 6.45) is 3.27. The predicted molar refractivity (Wildman–Crippen MR) is 95.0 cm³/mol. The number of thiophene rings is 1. The van der Waals surface area contributed by atoms with Gasteiger partial charge in [-0.15, -0.1) is 11.3 Å². The molecule has 1 aliphatic rings. The van der Waals surface area contributed by atoms with E-state index in [4.69, 9.17) is 4.74 Å². The zero-order valence-corrected chi connectivity index (χ0v) is 15.3. The molecule has 130 valence electrons. The number of rotatable bonds is 6. The molecule has 0 radical (unpaired) electrons. The molecular weight excluding hydrogens is 334 g/mol. The van der Waals surface area contributed by atoms with Crippen molar-refractivity contribution in [1.82, 2.24) is 10.6 Å². The van der Waals surface area contributed by atoms with E-state index in [1.807, 2.05) is 6.07 Å². The summed E-state index contributed by atoms with van der Waals surface area (Å²) in [6.45, 7) is 2.08. The van der Waals surface area contributed by atoms with Gasteiger partial charge in [0.1, 0.15) is 0 Å². The number of nitrogens with zero attached hydrogens (tertiary/aromatic N) is 1. The summed E-state index contributed by atoms with van der Waals surface area (Å²) in [6, 6.07) is 4.14. The Morgan fingerprint density at radius 3 is 2.70 bits per heavy atom. The molecule has 2 heterocycles. The maximum absolute atomic E-state index is 12.2. The normalized spacial score (nSPS) is 18.6. The first kappa shape index (κ1) is 18.2. The molecule has 2 rings (SSSR count). The number of nitrogens with one attached hydrogen (secondary N) is 2. The van der Waals surface area contributed by atoms with E-state index >= 15 is 0 Å². The molecule has 2 N–H and O–H groups in total. The van der Waals surface area contributed by atoms with Gasteiger partial charge in [0, 0.05) is 44.5 Å². The summed E-state index contributed by atoms with van der Waals surface area (Å²) in [5.41, 5.74) is 0. The summed E-state index contributed by atoms with van der Waals surface area (Å²) in [7, 11) is -1.48. The fraction of sp³-hybridized carbons (Fsp3) is 0.667. The Morgan fingerprint density at radius 2 is 2.13 bits per heavy atom. The number of sulfone groups is 1. The summed E-state index contributed by atoms with van der Waals surface area (Å²) in [4.78, 5) is 5.49. The minimum atomic E-state index is -3.17. The highest BCUT2D eigenvalue weighted by atomic mass is 32.2. The van der Waals surface area contributed by atoms with Gasteiger partial charge in [0.05, 0.1) is 4.75 Å². The third-order valence-corrected chi connectivity index (χ3v) is 7.30. The molecule has 0 bridgehead atoms. The molecule has 1 aromatic rings. The van der Waals surface area contributed by atoms with Crippen LogP contribution < -0.4 is 10.6 Å². The fourth-order valence-corrected chi connectivity index (χ4v) is 4.60. The van der Waals surface area contributed by atoms with E-state index in [1.165, 1.54) is 11.1 Å². The van der Waals surface area contributed by atoms with Crippen LogP contribution in [0.2, 0.25) is 0 Å². The molecule has 0 unspecified atom stereocenters. The summed E-state index contributed by atoms with van der Waals surface area (Å²) in [5, 5.41) is 8.47. The van der Waals surface area contributed by atoms with Gasteiger partial charge in [-0.3, -0.25) is 4.99 Å². The van der Waals surface area contributed by atoms with E-state index in [0.717, 1.165) is 13.0 Å². The monoisotopic (exact) mass is 359 g/mol. The van der Waals surface area contributed by atoms with Crippen LogP contribution in [0.1, 0.15) is 17.7 Å². The Morgan fingerprint density at radius 1 is 1.39 bits per heavy atom. The quantitative estimate of drug-likeness (QED) is 0.586. The van der Waals surface area contributed by atoms with Crippen LogP contribution in [0.4, 0.5) is 0 Å².